The Morgan fingerprint density at radius 2 is 2.00 bits per heavy atom. The highest BCUT2D eigenvalue weighted by Crippen LogP contribution is 2.53. The maximum absolute atomic E-state index is 12.0. The van der Waals surface area contributed by atoms with Crippen LogP contribution in [0.1, 0.15) is 33.8 Å². The normalized spacial score (nSPS) is 18.2. The SMILES string of the molecule is Cc1noc(C)c1COc1ccc(C(=O)OC[C@H]2CC2(Cl)Cl)cc1. The van der Waals surface area contributed by atoms with Gasteiger partial charge >= 0.3 is 5.97 Å². The van der Waals surface area contributed by atoms with Crippen molar-refractivity contribution in [3.05, 3.63) is 46.8 Å². The summed E-state index contributed by atoms with van der Waals surface area (Å²) in [5, 5.41) is 3.88. The molecule has 1 atom stereocenters. The molecule has 24 heavy (non-hydrogen) atoms. The fourth-order valence-corrected chi connectivity index (χ4v) is 2.76. The summed E-state index contributed by atoms with van der Waals surface area (Å²) in [6.45, 7) is 4.30. The molecule has 1 aromatic heterocycles. The van der Waals surface area contributed by atoms with Crippen LogP contribution in [-0.4, -0.2) is 22.1 Å². The van der Waals surface area contributed by atoms with E-state index in [0.717, 1.165) is 17.0 Å². The number of hydrogen-bond acceptors (Lipinski definition) is 5. The highest BCUT2D eigenvalue weighted by atomic mass is 35.5. The molecule has 1 heterocycles. The van der Waals surface area contributed by atoms with Crippen LogP contribution in [0.4, 0.5) is 0 Å². The molecule has 0 N–H and O–H groups in total. The van der Waals surface area contributed by atoms with Crippen molar-refractivity contribution in [2.75, 3.05) is 6.61 Å². The van der Waals surface area contributed by atoms with Crippen LogP contribution in [0.3, 0.4) is 0 Å². The zero-order valence-electron chi connectivity index (χ0n) is 13.3. The minimum absolute atomic E-state index is 0.0161. The van der Waals surface area contributed by atoms with Gasteiger partial charge in [-0.05, 0) is 44.5 Å². The van der Waals surface area contributed by atoms with Gasteiger partial charge in [-0.3, -0.25) is 0 Å². The van der Waals surface area contributed by atoms with Crippen molar-refractivity contribution in [3.8, 4) is 5.75 Å². The van der Waals surface area contributed by atoms with E-state index in [9.17, 15) is 4.79 Å². The van der Waals surface area contributed by atoms with E-state index in [1.54, 1.807) is 24.3 Å². The highest BCUT2D eigenvalue weighted by Gasteiger charge is 2.52. The molecule has 7 heteroatoms. The van der Waals surface area contributed by atoms with E-state index >= 15 is 0 Å². The van der Waals surface area contributed by atoms with E-state index in [-0.39, 0.29) is 12.5 Å². The minimum atomic E-state index is -0.740. The summed E-state index contributed by atoms with van der Waals surface area (Å²) in [7, 11) is 0. The summed E-state index contributed by atoms with van der Waals surface area (Å²) in [4.78, 5) is 12.0. The predicted molar refractivity (Wildman–Crippen MR) is 89.6 cm³/mol. The molecule has 1 aliphatic rings. The Bertz CT molecular complexity index is 720. The number of rotatable bonds is 6. The van der Waals surface area contributed by atoms with Gasteiger partial charge in [-0.25, -0.2) is 4.79 Å². The number of benzene rings is 1. The van der Waals surface area contributed by atoms with Crippen molar-refractivity contribution in [1.82, 2.24) is 5.16 Å². The van der Waals surface area contributed by atoms with Gasteiger partial charge in [0.15, 0.2) is 0 Å². The van der Waals surface area contributed by atoms with E-state index in [0.29, 0.717) is 24.3 Å². The summed E-state index contributed by atoms with van der Waals surface area (Å²) in [5.74, 6) is 1.00. The molecule has 0 saturated heterocycles. The third-order valence-electron chi connectivity index (χ3n) is 4.03. The number of hydrogen-bond donors (Lipinski definition) is 0. The molecule has 128 valence electrons. The molecule has 1 saturated carbocycles. The lowest BCUT2D eigenvalue weighted by Gasteiger charge is -2.08. The van der Waals surface area contributed by atoms with E-state index in [2.05, 4.69) is 5.16 Å². The zero-order chi connectivity index (χ0) is 17.3. The third-order valence-corrected chi connectivity index (χ3v) is 4.95. The fraction of sp³-hybridized carbons (Fsp3) is 0.412. The second-order valence-corrected chi connectivity index (χ2v) is 7.42. The van der Waals surface area contributed by atoms with Gasteiger partial charge < -0.3 is 14.0 Å². The van der Waals surface area contributed by atoms with E-state index in [1.165, 1.54) is 0 Å². The van der Waals surface area contributed by atoms with Gasteiger partial charge in [-0.15, -0.1) is 23.2 Å². The number of ether oxygens (including phenoxy) is 2. The summed E-state index contributed by atoms with van der Waals surface area (Å²) in [6.07, 6.45) is 0.651. The second-order valence-electron chi connectivity index (χ2n) is 5.88. The first-order valence-electron chi connectivity index (χ1n) is 7.56. The number of carbonyl (C=O) groups is 1. The first-order chi connectivity index (χ1) is 11.4. The predicted octanol–water partition coefficient (Wildman–Crippen LogP) is 4.22. The number of nitrogens with zero attached hydrogens (tertiary/aromatic N) is 1. The molecule has 1 aliphatic carbocycles. The third kappa shape index (κ3) is 3.84. The topological polar surface area (TPSA) is 61.6 Å². The Kier molecular flexibility index (Phi) is 4.74. The fourth-order valence-electron chi connectivity index (χ4n) is 2.26. The molecule has 1 fully saturated rings. The van der Waals surface area contributed by atoms with Crippen LogP contribution < -0.4 is 4.74 Å². The maximum atomic E-state index is 12.0. The summed E-state index contributed by atoms with van der Waals surface area (Å²) >= 11 is 11.8. The standard InChI is InChI=1S/C17H17Cl2NO4/c1-10-15(11(2)24-20-10)9-22-14-5-3-12(4-6-14)16(21)23-8-13-7-17(13,18)19/h3-6,13H,7-9H2,1-2H3/t13-/m1/s1. The van der Waals surface area contributed by atoms with Gasteiger partial charge in [0.25, 0.3) is 0 Å². The van der Waals surface area contributed by atoms with Gasteiger partial charge in [0.2, 0.25) is 0 Å². The molecule has 2 aromatic rings. The number of halogens is 2. The van der Waals surface area contributed by atoms with E-state index in [4.69, 9.17) is 37.2 Å². The van der Waals surface area contributed by atoms with Crippen LogP contribution in [0.15, 0.2) is 28.8 Å². The van der Waals surface area contributed by atoms with Gasteiger partial charge in [0, 0.05) is 5.92 Å². The Hall–Kier alpha value is -1.72. The summed E-state index contributed by atoms with van der Waals surface area (Å²) < 4.78 is 15.3. The van der Waals surface area contributed by atoms with Gasteiger partial charge in [-0.1, -0.05) is 5.16 Å². The molecule has 0 amide bonds. The zero-order valence-corrected chi connectivity index (χ0v) is 14.9. The summed E-state index contributed by atoms with van der Waals surface area (Å²) in [5.41, 5.74) is 2.19. The van der Waals surface area contributed by atoms with Crippen LogP contribution >= 0.6 is 23.2 Å². The van der Waals surface area contributed by atoms with Crippen LogP contribution in [0.5, 0.6) is 5.75 Å². The van der Waals surface area contributed by atoms with E-state index in [1.807, 2.05) is 13.8 Å². The van der Waals surface area contributed by atoms with Crippen LogP contribution in [-0.2, 0) is 11.3 Å². The molecule has 3 rings (SSSR count). The first-order valence-corrected chi connectivity index (χ1v) is 8.32. The van der Waals surface area contributed by atoms with Gasteiger partial charge in [0.05, 0.1) is 23.4 Å². The van der Waals surface area contributed by atoms with E-state index < -0.39 is 10.3 Å². The number of alkyl halides is 2. The van der Waals surface area contributed by atoms with Gasteiger partial charge in [-0.2, -0.15) is 0 Å². The highest BCUT2D eigenvalue weighted by molar-refractivity contribution is 6.50. The minimum Gasteiger partial charge on any atom is -0.489 e. The number of aromatic nitrogens is 1. The molecule has 0 radical (unpaired) electrons. The average Bonchev–Trinajstić information content (AvgIpc) is 3.05. The molecule has 5 nitrogen and oxygen atoms in total. The molecule has 0 unspecified atom stereocenters. The Labute approximate surface area is 149 Å². The number of esters is 1. The van der Waals surface area contributed by atoms with Crippen LogP contribution in [0, 0.1) is 19.8 Å². The van der Waals surface area contributed by atoms with Crippen molar-refractivity contribution in [3.63, 3.8) is 0 Å². The largest absolute Gasteiger partial charge is 0.489 e. The maximum Gasteiger partial charge on any atom is 0.338 e. The molecular weight excluding hydrogens is 353 g/mol. The second kappa shape index (κ2) is 6.65. The smallest absolute Gasteiger partial charge is 0.338 e. The Balaban J connectivity index is 1.52. The quantitative estimate of drug-likeness (QED) is 0.563. The molecule has 1 aromatic carbocycles. The lowest BCUT2D eigenvalue weighted by Crippen LogP contribution is -2.09. The average molecular weight is 370 g/mol. The molecule has 0 spiro atoms. The number of aryl methyl sites for hydroxylation is 2. The van der Waals surface area contributed by atoms with Crippen molar-refractivity contribution in [2.45, 2.75) is 31.2 Å². The molecular formula is C17H17Cl2NO4. The Morgan fingerprint density at radius 1 is 1.33 bits per heavy atom. The van der Waals surface area contributed by atoms with Gasteiger partial charge in [0.1, 0.15) is 22.4 Å². The van der Waals surface area contributed by atoms with Crippen molar-refractivity contribution < 1.29 is 18.8 Å². The summed E-state index contributed by atoms with van der Waals surface area (Å²) in [6, 6.07) is 6.76. The first kappa shape index (κ1) is 17.1. The van der Waals surface area contributed by atoms with Crippen LogP contribution in [0.2, 0.25) is 0 Å². The Morgan fingerprint density at radius 3 is 2.54 bits per heavy atom. The van der Waals surface area contributed by atoms with Crippen molar-refractivity contribution in [2.24, 2.45) is 5.92 Å². The lowest BCUT2D eigenvalue weighted by molar-refractivity contribution is 0.0485. The lowest BCUT2D eigenvalue weighted by atomic mass is 10.2. The van der Waals surface area contributed by atoms with Crippen LogP contribution in [0.25, 0.3) is 0 Å². The number of carbonyl (C=O) groups excluding carboxylic acids is 1. The van der Waals surface area contributed by atoms with Crippen molar-refractivity contribution >= 4 is 29.2 Å². The molecule has 0 bridgehead atoms. The molecule has 0 aliphatic heterocycles. The van der Waals surface area contributed by atoms with Crippen molar-refractivity contribution in [1.29, 1.82) is 0 Å². The monoisotopic (exact) mass is 369 g/mol.